The van der Waals surface area contributed by atoms with Gasteiger partial charge in [0.25, 0.3) is 11.1 Å². The number of anilines is 1. The summed E-state index contributed by atoms with van der Waals surface area (Å²) >= 11 is 2.81. The van der Waals surface area contributed by atoms with Crippen LogP contribution in [0, 0.1) is 0 Å². The first kappa shape index (κ1) is 16.5. The van der Waals surface area contributed by atoms with Gasteiger partial charge in [0.1, 0.15) is 5.75 Å². The number of hydrogen-bond donors (Lipinski definition) is 1. The van der Waals surface area contributed by atoms with Gasteiger partial charge in [0.2, 0.25) is 0 Å². The van der Waals surface area contributed by atoms with E-state index in [1.807, 2.05) is 19.1 Å². The lowest BCUT2D eigenvalue weighted by molar-refractivity contribution is 0.187. The number of benzene rings is 1. The molecule has 0 aliphatic rings. The van der Waals surface area contributed by atoms with Crippen LogP contribution in [0.3, 0.4) is 0 Å². The first-order valence-corrected chi connectivity index (χ1v) is 8.81. The minimum Gasteiger partial charge on any atom is -0.484 e. The molecule has 0 bridgehead atoms. The van der Waals surface area contributed by atoms with Gasteiger partial charge in [-0.3, -0.25) is 5.32 Å². The molecule has 0 saturated carbocycles. The van der Waals surface area contributed by atoms with E-state index in [1.165, 1.54) is 30.2 Å². The van der Waals surface area contributed by atoms with Gasteiger partial charge >= 0.3 is 6.09 Å². The summed E-state index contributed by atoms with van der Waals surface area (Å²) in [5.74, 6) is 1.94. The number of amides is 1. The van der Waals surface area contributed by atoms with Gasteiger partial charge in [-0.1, -0.05) is 30.0 Å². The minimum atomic E-state index is -0.553. The van der Waals surface area contributed by atoms with E-state index < -0.39 is 6.09 Å². The molecule has 0 saturated heterocycles. The van der Waals surface area contributed by atoms with Gasteiger partial charge < -0.3 is 13.9 Å². The van der Waals surface area contributed by atoms with E-state index >= 15 is 0 Å². The number of rotatable bonds is 6. The number of thiazole rings is 1. The first-order valence-electron chi connectivity index (χ1n) is 7.01. The van der Waals surface area contributed by atoms with Crippen LogP contribution in [0.15, 0.2) is 27.8 Å². The fourth-order valence-electron chi connectivity index (χ4n) is 1.81. The summed E-state index contributed by atoms with van der Waals surface area (Å²) in [6.07, 6.45) is -0.553. The van der Waals surface area contributed by atoms with Crippen LogP contribution >= 0.6 is 23.1 Å². The number of carbonyl (C=O) groups excluding carboxylic acids is 1. The zero-order valence-electron chi connectivity index (χ0n) is 12.9. The van der Waals surface area contributed by atoms with Crippen molar-refractivity contribution in [2.45, 2.75) is 18.8 Å². The van der Waals surface area contributed by atoms with E-state index in [-0.39, 0.29) is 6.61 Å². The van der Waals surface area contributed by atoms with Gasteiger partial charge in [-0.05, 0) is 24.0 Å². The molecule has 1 N–H and O–H groups in total. The van der Waals surface area contributed by atoms with E-state index in [2.05, 4.69) is 25.2 Å². The number of hydrogen-bond acceptors (Lipinski definition) is 9. The molecule has 8 nitrogen and oxygen atoms in total. The summed E-state index contributed by atoms with van der Waals surface area (Å²) < 4.78 is 16.5. The van der Waals surface area contributed by atoms with Crippen molar-refractivity contribution in [1.82, 2.24) is 15.2 Å². The third-order valence-corrected chi connectivity index (χ3v) is 4.47. The normalized spacial score (nSPS) is 10.8. The van der Waals surface area contributed by atoms with E-state index in [1.54, 1.807) is 6.07 Å². The number of ether oxygens (including phenoxy) is 2. The predicted octanol–water partition coefficient (Wildman–Crippen LogP) is 3.55. The maximum atomic E-state index is 11.2. The zero-order chi connectivity index (χ0) is 16.9. The van der Waals surface area contributed by atoms with Gasteiger partial charge in [-0.25, -0.2) is 9.78 Å². The highest BCUT2D eigenvalue weighted by Crippen LogP contribution is 2.29. The van der Waals surface area contributed by atoms with Crippen LogP contribution in [0.25, 0.3) is 10.2 Å². The van der Waals surface area contributed by atoms with Gasteiger partial charge in [0.05, 0.1) is 17.3 Å². The lowest BCUT2D eigenvalue weighted by Gasteiger charge is -2.02. The van der Waals surface area contributed by atoms with E-state index in [9.17, 15) is 4.79 Å². The van der Waals surface area contributed by atoms with E-state index in [0.717, 1.165) is 16.0 Å². The van der Waals surface area contributed by atoms with Crippen molar-refractivity contribution in [2.75, 3.05) is 18.2 Å². The van der Waals surface area contributed by atoms with Crippen molar-refractivity contribution < 1.29 is 18.7 Å². The van der Waals surface area contributed by atoms with Crippen molar-refractivity contribution in [3.05, 3.63) is 24.1 Å². The molecule has 0 fully saturated rings. The Kier molecular flexibility index (Phi) is 5.16. The second-order valence-electron chi connectivity index (χ2n) is 4.45. The molecular weight excluding hydrogens is 352 g/mol. The smallest absolute Gasteiger partial charge is 0.413 e. The molecule has 0 atom stereocenters. The molecule has 3 aromatic rings. The number of carbonyl (C=O) groups is 1. The van der Waals surface area contributed by atoms with Crippen molar-refractivity contribution in [1.29, 1.82) is 0 Å². The Morgan fingerprint density at radius 1 is 1.42 bits per heavy atom. The van der Waals surface area contributed by atoms with Gasteiger partial charge in [0.15, 0.2) is 11.7 Å². The molecule has 126 valence electrons. The molecule has 0 unspecified atom stereocenters. The van der Waals surface area contributed by atoms with E-state index in [4.69, 9.17) is 9.15 Å². The standard InChI is InChI=1S/C14H14N4O4S2/c1-3-23-14-18-17-11(22-14)7-21-8-4-5-9-10(6-8)24-12(15-9)16-13(19)20-2/h4-6H,3,7H2,1-2H3,(H,15,16,19). The van der Waals surface area contributed by atoms with Crippen molar-refractivity contribution in [3.8, 4) is 5.75 Å². The molecule has 10 heteroatoms. The van der Waals surface area contributed by atoms with Crippen LogP contribution in [0.4, 0.5) is 9.93 Å². The average Bonchev–Trinajstić information content (AvgIpc) is 3.18. The molecule has 3 rings (SSSR count). The Balaban J connectivity index is 1.67. The minimum absolute atomic E-state index is 0.189. The third-order valence-electron chi connectivity index (χ3n) is 2.83. The maximum absolute atomic E-state index is 11.2. The maximum Gasteiger partial charge on any atom is 0.413 e. The lowest BCUT2D eigenvalue weighted by atomic mass is 10.3. The highest BCUT2D eigenvalue weighted by Gasteiger charge is 2.10. The third kappa shape index (κ3) is 3.95. The van der Waals surface area contributed by atoms with Crippen LogP contribution in [-0.4, -0.2) is 34.1 Å². The molecule has 1 amide bonds. The topological polar surface area (TPSA) is 99.4 Å². The number of nitrogens with zero attached hydrogens (tertiary/aromatic N) is 3. The summed E-state index contributed by atoms with van der Waals surface area (Å²) in [4.78, 5) is 15.5. The van der Waals surface area contributed by atoms with Gasteiger partial charge in [0, 0.05) is 0 Å². The number of aromatic nitrogens is 3. The number of fused-ring (bicyclic) bond motifs is 1. The first-order chi connectivity index (χ1) is 11.7. The molecular formula is C14H14N4O4S2. The van der Waals surface area contributed by atoms with Crippen molar-refractivity contribution in [2.24, 2.45) is 0 Å². The molecule has 0 spiro atoms. The van der Waals surface area contributed by atoms with Crippen LogP contribution in [-0.2, 0) is 11.3 Å². The summed E-state index contributed by atoms with van der Waals surface area (Å²) in [6, 6.07) is 5.45. The van der Waals surface area contributed by atoms with Crippen molar-refractivity contribution in [3.63, 3.8) is 0 Å². The number of thioether (sulfide) groups is 1. The number of methoxy groups -OCH3 is 1. The largest absolute Gasteiger partial charge is 0.484 e. The summed E-state index contributed by atoms with van der Waals surface area (Å²) in [7, 11) is 1.30. The molecule has 1 aromatic carbocycles. The van der Waals surface area contributed by atoms with Crippen LogP contribution < -0.4 is 10.1 Å². The van der Waals surface area contributed by atoms with Crippen LogP contribution in [0.1, 0.15) is 12.8 Å². The Hall–Kier alpha value is -2.33. The quantitative estimate of drug-likeness (QED) is 0.661. The highest BCUT2D eigenvalue weighted by molar-refractivity contribution is 7.99. The lowest BCUT2D eigenvalue weighted by Crippen LogP contribution is -2.10. The second-order valence-corrected chi connectivity index (χ2v) is 6.69. The molecule has 2 heterocycles. The Morgan fingerprint density at radius 3 is 3.08 bits per heavy atom. The molecule has 2 aromatic heterocycles. The summed E-state index contributed by atoms with van der Waals surface area (Å²) in [6.45, 7) is 2.20. The van der Waals surface area contributed by atoms with Gasteiger partial charge in [-0.15, -0.1) is 10.2 Å². The number of nitrogens with one attached hydrogen (secondary N) is 1. The Labute approximate surface area is 145 Å². The van der Waals surface area contributed by atoms with Gasteiger partial charge in [-0.2, -0.15) is 0 Å². The fraction of sp³-hybridized carbons (Fsp3) is 0.286. The molecule has 0 aliphatic heterocycles. The Bertz CT molecular complexity index is 848. The second kappa shape index (κ2) is 7.49. The van der Waals surface area contributed by atoms with Crippen LogP contribution in [0.5, 0.6) is 5.75 Å². The van der Waals surface area contributed by atoms with E-state index in [0.29, 0.717) is 22.0 Å². The Morgan fingerprint density at radius 2 is 2.29 bits per heavy atom. The predicted molar refractivity (Wildman–Crippen MR) is 90.7 cm³/mol. The summed E-state index contributed by atoms with van der Waals surface area (Å²) in [5, 5.41) is 11.4. The molecule has 0 radical (unpaired) electrons. The van der Waals surface area contributed by atoms with Crippen LogP contribution in [0.2, 0.25) is 0 Å². The average molecular weight is 366 g/mol. The monoisotopic (exact) mass is 366 g/mol. The zero-order valence-corrected chi connectivity index (χ0v) is 14.6. The fourth-order valence-corrected chi connectivity index (χ4v) is 3.19. The SMILES string of the molecule is CCSc1nnc(COc2ccc3nc(NC(=O)OC)sc3c2)o1. The highest BCUT2D eigenvalue weighted by atomic mass is 32.2. The summed E-state index contributed by atoms with van der Waals surface area (Å²) in [5.41, 5.74) is 0.762. The van der Waals surface area contributed by atoms with Crippen molar-refractivity contribution >= 4 is 44.5 Å². The molecule has 0 aliphatic carbocycles. The molecule has 24 heavy (non-hydrogen) atoms.